The Balaban J connectivity index is 2.13. The first-order valence-corrected chi connectivity index (χ1v) is 6.89. The highest BCUT2D eigenvalue weighted by Crippen LogP contribution is 2.36. The summed E-state index contributed by atoms with van der Waals surface area (Å²) in [6.07, 6.45) is 0. The number of benzene rings is 1. The van der Waals surface area contributed by atoms with E-state index in [2.05, 4.69) is 11.4 Å². The van der Waals surface area contributed by atoms with E-state index in [0.717, 1.165) is 11.3 Å². The molecule has 2 aromatic rings. The van der Waals surface area contributed by atoms with Crippen molar-refractivity contribution in [2.45, 2.75) is 13.0 Å². The van der Waals surface area contributed by atoms with Crippen LogP contribution in [0.3, 0.4) is 0 Å². The van der Waals surface area contributed by atoms with Crippen molar-refractivity contribution in [1.82, 2.24) is 0 Å². The molecule has 92 valence electrons. The van der Waals surface area contributed by atoms with Crippen LogP contribution >= 0.6 is 34.5 Å². The SMILES string of the molecule is CC(Nc1ccc(C#N)cc1)c1cc(Cl)sc1Cl. The minimum atomic E-state index is 0.0641. The zero-order valence-corrected chi connectivity index (χ0v) is 11.9. The van der Waals surface area contributed by atoms with Gasteiger partial charge in [0.2, 0.25) is 0 Å². The van der Waals surface area contributed by atoms with Crippen molar-refractivity contribution in [2.24, 2.45) is 0 Å². The predicted molar refractivity (Wildman–Crippen MR) is 77.5 cm³/mol. The van der Waals surface area contributed by atoms with Crippen molar-refractivity contribution in [2.75, 3.05) is 5.32 Å². The number of hydrogen-bond donors (Lipinski definition) is 1. The second kappa shape index (κ2) is 5.62. The van der Waals surface area contributed by atoms with Crippen LogP contribution < -0.4 is 5.32 Å². The summed E-state index contributed by atoms with van der Waals surface area (Å²) < 4.78 is 1.39. The first kappa shape index (κ1) is 13.2. The standard InChI is InChI=1S/C13H10Cl2N2S/c1-8(11-6-12(14)18-13(11)15)17-10-4-2-9(7-16)3-5-10/h2-6,8,17H,1H3. The average Bonchev–Trinajstić information content (AvgIpc) is 2.69. The van der Waals surface area contributed by atoms with Gasteiger partial charge in [0, 0.05) is 11.3 Å². The molecule has 0 amide bonds. The van der Waals surface area contributed by atoms with Gasteiger partial charge in [0.05, 0.1) is 26.3 Å². The zero-order valence-electron chi connectivity index (χ0n) is 9.58. The molecule has 0 bridgehead atoms. The Hall–Kier alpha value is -1.21. The first-order valence-electron chi connectivity index (χ1n) is 5.31. The molecule has 1 aromatic carbocycles. The Kier molecular flexibility index (Phi) is 4.13. The van der Waals surface area contributed by atoms with Crippen LogP contribution in [-0.2, 0) is 0 Å². The fourth-order valence-electron chi connectivity index (χ4n) is 1.62. The third-order valence-corrected chi connectivity index (χ3v) is 4.06. The predicted octanol–water partition coefficient (Wildman–Crippen LogP) is 5.10. The second-order valence-corrected chi connectivity index (χ2v) is 6.12. The molecule has 1 aromatic heterocycles. The molecule has 0 radical (unpaired) electrons. The first-order chi connectivity index (χ1) is 8.60. The summed E-state index contributed by atoms with van der Waals surface area (Å²) in [6, 6.07) is 11.3. The summed E-state index contributed by atoms with van der Waals surface area (Å²) in [6.45, 7) is 2.02. The highest BCUT2D eigenvalue weighted by molar-refractivity contribution is 7.20. The summed E-state index contributed by atoms with van der Waals surface area (Å²) in [4.78, 5) is 0. The third-order valence-electron chi connectivity index (χ3n) is 2.55. The van der Waals surface area contributed by atoms with Crippen molar-refractivity contribution in [3.8, 4) is 6.07 Å². The molecule has 0 fully saturated rings. The summed E-state index contributed by atoms with van der Waals surface area (Å²) in [5.41, 5.74) is 2.57. The van der Waals surface area contributed by atoms with Crippen molar-refractivity contribution in [3.05, 3.63) is 50.1 Å². The summed E-state index contributed by atoms with van der Waals surface area (Å²) in [7, 11) is 0. The Morgan fingerprint density at radius 1 is 1.28 bits per heavy atom. The fourth-order valence-corrected chi connectivity index (χ4v) is 3.26. The zero-order chi connectivity index (χ0) is 13.1. The molecule has 1 unspecified atom stereocenters. The van der Waals surface area contributed by atoms with Gasteiger partial charge in [-0.05, 0) is 37.3 Å². The average molecular weight is 297 g/mol. The van der Waals surface area contributed by atoms with E-state index < -0.39 is 0 Å². The summed E-state index contributed by atoms with van der Waals surface area (Å²) in [5, 5.41) is 12.0. The maximum absolute atomic E-state index is 8.73. The van der Waals surface area contributed by atoms with Crippen molar-refractivity contribution < 1.29 is 0 Å². The molecule has 2 rings (SSSR count). The summed E-state index contributed by atoms with van der Waals surface area (Å²) >= 11 is 13.4. The van der Waals surface area contributed by atoms with Crippen LogP contribution in [0.25, 0.3) is 0 Å². The van der Waals surface area contributed by atoms with Crippen LogP contribution in [-0.4, -0.2) is 0 Å². The lowest BCUT2D eigenvalue weighted by Gasteiger charge is -2.14. The van der Waals surface area contributed by atoms with Crippen LogP contribution in [0.2, 0.25) is 8.67 Å². The quantitative estimate of drug-likeness (QED) is 0.855. The summed E-state index contributed by atoms with van der Waals surface area (Å²) in [5.74, 6) is 0. The van der Waals surface area contributed by atoms with Gasteiger partial charge in [-0.1, -0.05) is 23.2 Å². The third kappa shape index (κ3) is 2.97. The van der Waals surface area contributed by atoms with Crippen LogP contribution in [0.1, 0.15) is 24.1 Å². The smallest absolute Gasteiger partial charge is 0.0996 e. The van der Waals surface area contributed by atoms with Gasteiger partial charge in [-0.25, -0.2) is 0 Å². The van der Waals surface area contributed by atoms with Gasteiger partial charge in [0.25, 0.3) is 0 Å². The number of thiophene rings is 1. The lowest BCUT2D eigenvalue weighted by Crippen LogP contribution is -2.05. The minimum Gasteiger partial charge on any atom is -0.378 e. The van der Waals surface area contributed by atoms with E-state index in [1.165, 1.54) is 11.3 Å². The highest BCUT2D eigenvalue weighted by atomic mass is 35.5. The second-order valence-electron chi connectivity index (χ2n) is 3.83. The van der Waals surface area contributed by atoms with Gasteiger partial charge >= 0.3 is 0 Å². The number of nitrogens with zero attached hydrogens (tertiary/aromatic N) is 1. The molecule has 0 aliphatic carbocycles. The van der Waals surface area contributed by atoms with Gasteiger partial charge in [-0.3, -0.25) is 0 Å². The number of nitrogens with one attached hydrogen (secondary N) is 1. The van der Waals surface area contributed by atoms with E-state index in [9.17, 15) is 0 Å². The molecule has 0 saturated heterocycles. The molecule has 0 aliphatic heterocycles. The van der Waals surface area contributed by atoms with E-state index in [1.54, 1.807) is 12.1 Å². The Bertz CT molecular complexity index is 584. The van der Waals surface area contributed by atoms with Gasteiger partial charge in [-0.15, -0.1) is 11.3 Å². The highest BCUT2D eigenvalue weighted by Gasteiger charge is 2.13. The van der Waals surface area contributed by atoms with E-state index in [4.69, 9.17) is 28.5 Å². The van der Waals surface area contributed by atoms with E-state index in [1.807, 2.05) is 25.1 Å². The van der Waals surface area contributed by atoms with E-state index >= 15 is 0 Å². The van der Waals surface area contributed by atoms with Crippen LogP contribution in [0.15, 0.2) is 30.3 Å². The van der Waals surface area contributed by atoms with E-state index in [-0.39, 0.29) is 6.04 Å². The number of anilines is 1. The molecular formula is C13H10Cl2N2S. The number of halogens is 2. The topological polar surface area (TPSA) is 35.8 Å². The molecule has 1 atom stereocenters. The fraction of sp³-hybridized carbons (Fsp3) is 0.154. The van der Waals surface area contributed by atoms with Crippen molar-refractivity contribution in [3.63, 3.8) is 0 Å². The molecule has 0 aliphatic rings. The van der Waals surface area contributed by atoms with Crippen LogP contribution in [0.4, 0.5) is 5.69 Å². The molecule has 0 saturated carbocycles. The van der Waals surface area contributed by atoms with E-state index in [0.29, 0.717) is 14.2 Å². The van der Waals surface area contributed by atoms with Crippen LogP contribution in [0.5, 0.6) is 0 Å². The molecule has 0 spiro atoms. The number of nitriles is 1. The van der Waals surface area contributed by atoms with Crippen molar-refractivity contribution >= 4 is 40.2 Å². The van der Waals surface area contributed by atoms with Gasteiger partial charge < -0.3 is 5.32 Å². The number of hydrogen-bond acceptors (Lipinski definition) is 3. The molecule has 5 heteroatoms. The Morgan fingerprint density at radius 2 is 1.94 bits per heavy atom. The maximum Gasteiger partial charge on any atom is 0.0996 e. The molecule has 1 heterocycles. The monoisotopic (exact) mass is 296 g/mol. The Labute approximate surface area is 120 Å². The lowest BCUT2D eigenvalue weighted by atomic mass is 10.1. The van der Waals surface area contributed by atoms with Crippen molar-refractivity contribution in [1.29, 1.82) is 5.26 Å². The number of rotatable bonds is 3. The lowest BCUT2D eigenvalue weighted by molar-refractivity contribution is 0.891. The molecule has 1 N–H and O–H groups in total. The van der Waals surface area contributed by atoms with Gasteiger partial charge in [-0.2, -0.15) is 5.26 Å². The minimum absolute atomic E-state index is 0.0641. The van der Waals surface area contributed by atoms with Gasteiger partial charge in [0.1, 0.15) is 0 Å². The van der Waals surface area contributed by atoms with Gasteiger partial charge in [0.15, 0.2) is 0 Å². The molecule has 2 nitrogen and oxygen atoms in total. The Morgan fingerprint density at radius 3 is 2.44 bits per heavy atom. The maximum atomic E-state index is 8.73. The molecule has 18 heavy (non-hydrogen) atoms. The molecular weight excluding hydrogens is 287 g/mol. The normalized spacial score (nSPS) is 11.9. The largest absolute Gasteiger partial charge is 0.378 e. The van der Waals surface area contributed by atoms with Crippen LogP contribution in [0, 0.1) is 11.3 Å².